The number of nitrogen functional groups attached to an aromatic ring is 1. The number of rotatable bonds is 5. The number of aryl methyl sites for hydroxylation is 1. The molecule has 1 amide bonds. The first-order valence-electron chi connectivity index (χ1n) is 13.0. The molecule has 10 nitrogen and oxygen atoms in total. The van der Waals surface area contributed by atoms with Gasteiger partial charge in [-0.3, -0.25) is 14.5 Å². The van der Waals surface area contributed by atoms with Gasteiger partial charge >= 0.3 is 6.18 Å². The van der Waals surface area contributed by atoms with Gasteiger partial charge in [0.25, 0.3) is 0 Å². The summed E-state index contributed by atoms with van der Waals surface area (Å²) in [4.78, 5) is 35.8. The lowest BCUT2D eigenvalue weighted by Crippen LogP contribution is -2.39. The molecule has 0 saturated heterocycles. The zero-order chi connectivity index (χ0) is 28.9. The summed E-state index contributed by atoms with van der Waals surface area (Å²) in [6.07, 6.45) is -1.34. The molecule has 0 aromatic carbocycles. The van der Waals surface area contributed by atoms with Gasteiger partial charge in [-0.05, 0) is 36.8 Å². The van der Waals surface area contributed by atoms with E-state index in [2.05, 4.69) is 35.3 Å². The van der Waals surface area contributed by atoms with E-state index >= 15 is 0 Å². The van der Waals surface area contributed by atoms with Crippen molar-refractivity contribution in [3.05, 3.63) is 47.2 Å². The minimum absolute atomic E-state index is 0.0483. The number of halogens is 5. The summed E-state index contributed by atoms with van der Waals surface area (Å²) in [5.41, 5.74) is 5.20. The molecular weight excluding hydrogens is 549 g/mol. The maximum atomic E-state index is 13.6. The Bertz CT molecular complexity index is 1720. The van der Waals surface area contributed by atoms with Crippen LogP contribution in [0.2, 0.25) is 0 Å². The highest BCUT2D eigenvalue weighted by Crippen LogP contribution is 2.57. The highest BCUT2D eigenvalue weighted by molar-refractivity contribution is 6.10. The molecule has 2 saturated carbocycles. The average Bonchev–Trinajstić information content (AvgIpc) is 3.60. The molecule has 15 heteroatoms. The van der Waals surface area contributed by atoms with Crippen LogP contribution in [0.15, 0.2) is 24.5 Å². The highest BCUT2D eigenvalue weighted by Gasteiger charge is 2.60. The van der Waals surface area contributed by atoms with Crippen LogP contribution in [0.4, 0.5) is 33.6 Å². The van der Waals surface area contributed by atoms with Gasteiger partial charge in [0.05, 0.1) is 28.4 Å². The minimum Gasteiger partial charge on any atom is -0.383 e. The molecule has 7 rings (SSSR count). The van der Waals surface area contributed by atoms with E-state index in [0.29, 0.717) is 35.9 Å². The molecule has 2 fully saturated rings. The summed E-state index contributed by atoms with van der Waals surface area (Å²) in [6.45, 7) is 0. The molecular formula is C26H22F5N9O. The number of nitrogens with one attached hydrogen (secondary N) is 1. The van der Waals surface area contributed by atoms with Crippen molar-refractivity contribution in [2.75, 3.05) is 11.1 Å². The van der Waals surface area contributed by atoms with Crippen molar-refractivity contribution in [2.45, 2.75) is 49.6 Å². The van der Waals surface area contributed by atoms with Crippen LogP contribution in [-0.4, -0.2) is 46.5 Å². The standard InChI is InChI=1S/C26H22F5N9O/c1-40-22-14(10-34-40)18(35-16(36-22)6-11-7-24(27,28)8-11)21-37-19(32)17-20(38-21)39-23(41)25(17,12-2-3-12)15-5-4-13(9-33-15)26(29,30)31/h4-5,9-12H,2-3,6-8H2,1H3,(H3,32,37,38,39,41). The van der Waals surface area contributed by atoms with E-state index in [-0.39, 0.29) is 65.5 Å². The Labute approximate surface area is 228 Å². The lowest BCUT2D eigenvalue weighted by atomic mass is 9.74. The average molecular weight is 572 g/mol. The molecule has 1 unspecified atom stereocenters. The van der Waals surface area contributed by atoms with Gasteiger partial charge in [0.1, 0.15) is 28.6 Å². The van der Waals surface area contributed by atoms with Crippen molar-refractivity contribution in [3.8, 4) is 11.5 Å². The number of alkyl halides is 5. The zero-order valence-corrected chi connectivity index (χ0v) is 21.5. The number of hydrogen-bond acceptors (Lipinski definition) is 8. The Morgan fingerprint density at radius 3 is 2.49 bits per heavy atom. The van der Waals surface area contributed by atoms with Gasteiger partial charge in [0.2, 0.25) is 11.8 Å². The second kappa shape index (κ2) is 8.36. The van der Waals surface area contributed by atoms with Crippen LogP contribution in [0.5, 0.6) is 0 Å². The zero-order valence-electron chi connectivity index (χ0n) is 21.5. The fraction of sp³-hybridized carbons (Fsp3) is 0.423. The summed E-state index contributed by atoms with van der Waals surface area (Å²) >= 11 is 0. The Morgan fingerprint density at radius 1 is 1.10 bits per heavy atom. The number of nitrogens with two attached hydrogens (primary N) is 1. The lowest BCUT2D eigenvalue weighted by Gasteiger charge is -2.34. The number of fused-ring (bicyclic) bond motifs is 2. The summed E-state index contributed by atoms with van der Waals surface area (Å²) in [5.74, 6) is -3.25. The molecule has 0 bridgehead atoms. The smallest absolute Gasteiger partial charge is 0.383 e. The molecule has 4 aromatic heterocycles. The third-order valence-corrected chi connectivity index (χ3v) is 8.10. The van der Waals surface area contributed by atoms with Crippen LogP contribution in [0.25, 0.3) is 22.6 Å². The van der Waals surface area contributed by atoms with E-state index < -0.39 is 29.0 Å². The predicted molar refractivity (Wildman–Crippen MR) is 134 cm³/mol. The molecule has 1 aliphatic heterocycles. The first-order chi connectivity index (χ1) is 19.4. The summed E-state index contributed by atoms with van der Waals surface area (Å²) in [6, 6.07) is 2.09. The number of carbonyl (C=O) groups is 1. The van der Waals surface area contributed by atoms with Gasteiger partial charge in [-0.15, -0.1) is 0 Å². The summed E-state index contributed by atoms with van der Waals surface area (Å²) < 4.78 is 68.0. The number of nitrogens with zero attached hydrogens (tertiary/aromatic N) is 7. The van der Waals surface area contributed by atoms with Gasteiger partial charge < -0.3 is 11.1 Å². The van der Waals surface area contributed by atoms with Crippen molar-refractivity contribution in [1.82, 2.24) is 34.7 Å². The van der Waals surface area contributed by atoms with Crippen LogP contribution >= 0.6 is 0 Å². The number of aromatic nitrogens is 7. The van der Waals surface area contributed by atoms with Crippen molar-refractivity contribution >= 4 is 28.6 Å². The number of carbonyl (C=O) groups excluding carboxylic acids is 1. The fourth-order valence-corrected chi connectivity index (χ4v) is 6.05. The van der Waals surface area contributed by atoms with Crippen LogP contribution in [0.3, 0.4) is 0 Å². The largest absolute Gasteiger partial charge is 0.417 e. The Kier molecular flexibility index (Phi) is 5.23. The fourth-order valence-electron chi connectivity index (χ4n) is 6.05. The second-order valence-corrected chi connectivity index (χ2v) is 11.0. The van der Waals surface area contributed by atoms with Gasteiger partial charge in [-0.1, -0.05) is 0 Å². The molecule has 2 aliphatic carbocycles. The summed E-state index contributed by atoms with van der Waals surface area (Å²) in [5, 5.41) is 7.48. The van der Waals surface area contributed by atoms with E-state index in [1.165, 1.54) is 16.9 Å². The molecule has 212 valence electrons. The van der Waals surface area contributed by atoms with Crippen molar-refractivity contribution in [1.29, 1.82) is 0 Å². The van der Waals surface area contributed by atoms with E-state index in [1.807, 2.05) is 0 Å². The molecule has 0 radical (unpaired) electrons. The molecule has 4 aromatic rings. The maximum absolute atomic E-state index is 13.6. The molecule has 0 spiro atoms. The van der Waals surface area contributed by atoms with Crippen LogP contribution in [-0.2, 0) is 29.9 Å². The molecule has 3 aliphatic rings. The highest BCUT2D eigenvalue weighted by atomic mass is 19.4. The summed E-state index contributed by atoms with van der Waals surface area (Å²) in [7, 11) is 1.68. The maximum Gasteiger partial charge on any atom is 0.417 e. The lowest BCUT2D eigenvalue weighted by molar-refractivity contribution is -0.137. The molecule has 41 heavy (non-hydrogen) atoms. The van der Waals surface area contributed by atoms with Crippen LogP contribution in [0, 0.1) is 11.8 Å². The second-order valence-electron chi connectivity index (χ2n) is 11.0. The monoisotopic (exact) mass is 571 g/mol. The molecule has 5 heterocycles. The van der Waals surface area contributed by atoms with Crippen molar-refractivity contribution in [3.63, 3.8) is 0 Å². The van der Waals surface area contributed by atoms with Crippen molar-refractivity contribution in [2.24, 2.45) is 18.9 Å². The van der Waals surface area contributed by atoms with E-state index in [0.717, 1.165) is 6.07 Å². The first-order valence-corrected chi connectivity index (χ1v) is 13.0. The first kappa shape index (κ1) is 25.7. The topological polar surface area (TPSA) is 137 Å². The van der Waals surface area contributed by atoms with E-state index in [9.17, 15) is 26.7 Å². The number of pyridine rings is 1. The quantitative estimate of drug-likeness (QED) is 0.343. The number of amides is 1. The SMILES string of the molecule is Cn1ncc2c(-c3nc(N)c4c(n3)NC(=O)C4(c3ccc(C(F)(F)F)cn3)C3CC3)nc(CC3CC(F)(F)C3)nc21. The Balaban J connectivity index is 1.34. The van der Waals surface area contributed by atoms with Crippen LogP contribution in [0.1, 0.15) is 48.3 Å². The predicted octanol–water partition coefficient (Wildman–Crippen LogP) is 4.05. The Hall–Kier alpha value is -4.30. The van der Waals surface area contributed by atoms with Gasteiger partial charge in [-0.25, -0.2) is 28.7 Å². The van der Waals surface area contributed by atoms with Gasteiger partial charge in [0.15, 0.2) is 11.5 Å². The van der Waals surface area contributed by atoms with E-state index in [4.69, 9.17) is 5.73 Å². The van der Waals surface area contributed by atoms with E-state index in [1.54, 1.807) is 7.05 Å². The minimum atomic E-state index is -4.58. The third-order valence-electron chi connectivity index (χ3n) is 8.10. The normalized spacial score (nSPS) is 22.0. The van der Waals surface area contributed by atoms with Crippen molar-refractivity contribution < 1.29 is 26.7 Å². The number of hydrogen-bond donors (Lipinski definition) is 2. The Morgan fingerprint density at radius 2 is 1.85 bits per heavy atom. The van der Waals surface area contributed by atoms with Gasteiger partial charge in [-0.2, -0.15) is 18.3 Å². The van der Waals surface area contributed by atoms with Gasteiger partial charge in [0, 0.05) is 32.5 Å². The third kappa shape index (κ3) is 3.92. The van der Waals surface area contributed by atoms with Crippen LogP contribution < -0.4 is 11.1 Å². The molecule has 1 atom stereocenters. The molecule has 3 N–H and O–H groups in total. The number of anilines is 2.